The summed E-state index contributed by atoms with van der Waals surface area (Å²) in [5, 5.41) is 2.72. The van der Waals surface area contributed by atoms with E-state index in [4.69, 9.17) is 26.9 Å². The van der Waals surface area contributed by atoms with E-state index in [1.807, 2.05) is 32.6 Å². The molecule has 1 fully saturated rings. The smallest absolute Gasteiger partial charge is 0.407 e. The first kappa shape index (κ1) is 28.8. The fourth-order valence-corrected chi connectivity index (χ4v) is 4.28. The molecule has 2 atom stereocenters. The topological polar surface area (TPSA) is 89.6 Å². The molecule has 0 aliphatic carbocycles. The Morgan fingerprint density at radius 2 is 1.89 bits per heavy atom. The number of ether oxygens (including phenoxy) is 4. The van der Waals surface area contributed by atoms with Gasteiger partial charge in [-0.15, -0.1) is 0 Å². The lowest BCUT2D eigenvalue weighted by Gasteiger charge is -2.43. The van der Waals surface area contributed by atoms with Gasteiger partial charge in [0.15, 0.2) is 19.5 Å². The molecule has 1 aliphatic rings. The lowest BCUT2D eigenvalue weighted by atomic mass is 9.90. The molecule has 2 amide bonds. The number of amides is 2. The van der Waals surface area contributed by atoms with Gasteiger partial charge in [0.05, 0.1) is 20.3 Å². The molecule has 1 aliphatic heterocycles. The van der Waals surface area contributed by atoms with Crippen molar-refractivity contribution in [2.45, 2.75) is 58.7 Å². The second kappa shape index (κ2) is 14.2. The molecule has 1 aromatic carbocycles. The van der Waals surface area contributed by atoms with Gasteiger partial charge in [-0.1, -0.05) is 0 Å². The van der Waals surface area contributed by atoms with Crippen LogP contribution in [0.3, 0.4) is 0 Å². The van der Waals surface area contributed by atoms with Gasteiger partial charge in [-0.3, -0.25) is 4.79 Å². The Bertz CT molecular complexity index is 822. The molecule has 1 aromatic rings. The van der Waals surface area contributed by atoms with Gasteiger partial charge in [0.1, 0.15) is 0 Å². The molecule has 1 saturated heterocycles. The van der Waals surface area contributed by atoms with Crippen LogP contribution < -0.4 is 14.8 Å². The Hall–Kier alpha value is -2.46. The molecule has 2 unspecified atom stereocenters. The van der Waals surface area contributed by atoms with E-state index in [0.29, 0.717) is 49.8 Å². The molecule has 9 nitrogen and oxygen atoms in total. The van der Waals surface area contributed by atoms with Crippen molar-refractivity contribution in [2.75, 3.05) is 47.1 Å². The van der Waals surface area contributed by atoms with Crippen LogP contribution in [-0.4, -0.2) is 94.9 Å². The first-order valence-corrected chi connectivity index (χ1v) is 12.2. The number of carbonyl (C=O) groups is 2. The van der Waals surface area contributed by atoms with E-state index < -0.39 is 6.09 Å². The van der Waals surface area contributed by atoms with Crippen molar-refractivity contribution in [1.29, 1.82) is 0 Å². The van der Waals surface area contributed by atoms with E-state index in [2.05, 4.69) is 5.32 Å². The van der Waals surface area contributed by atoms with Gasteiger partial charge in [0, 0.05) is 56.3 Å². The monoisotopic (exact) mass is 489 g/mol. The zero-order valence-corrected chi connectivity index (χ0v) is 21.9. The molecule has 194 valence electrons. The molecule has 0 bridgehead atoms. The number of methoxy groups -OCH3 is 2. The maximum absolute atomic E-state index is 13.7. The van der Waals surface area contributed by atoms with Gasteiger partial charge >= 0.3 is 6.09 Å². The van der Waals surface area contributed by atoms with Crippen molar-refractivity contribution in [3.05, 3.63) is 23.8 Å². The van der Waals surface area contributed by atoms with Crippen molar-refractivity contribution in [3.8, 4) is 11.5 Å². The van der Waals surface area contributed by atoms with Crippen LogP contribution in [0.4, 0.5) is 4.79 Å². The third kappa shape index (κ3) is 8.92. The lowest BCUT2D eigenvalue weighted by Crippen LogP contribution is -2.55. The van der Waals surface area contributed by atoms with E-state index in [-0.39, 0.29) is 36.6 Å². The normalized spacial score (nSPS) is 18.4. The number of nitrogens with one attached hydrogen (secondary N) is 1. The minimum atomic E-state index is -0.446. The van der Waals surface area contributed by atoms with Crippen LogP contribution in [0.15, 0.2) is 18.2 Å². The average Bonchev–Trinajstić information content (AvgIpc) is 2.79. The van der Waals surface area contributed by atoms with Crippen LogP contribution in [0.1, 0.15) is 50.9 Å². The highest BCUT2D eigenvalue weighted by Crippen LogP contribution is 2.30. The summed E-state index contributed by atoms with van der Waals surface area (Å²) >= 11 is 0. The van der Waals surface area contributed by atoms with Crippen molar-refractivity contribution in [2.24, 2.45) is 5.92 Å². The number of hydrogen-bond donors (Lipinski definition) is 1. The number of rotatable bonds is 12. The Labute approximate surface area is 210 Å². The predicted molar refractivity (Wildman–Crippen MR) is 135 cm³/mol. The Morgan fingerprint density at radius 1 is 1.14 bits per heavy atom. The van der Waals surface area contributed by atoms with E-state index in [1.54, 1.807) is 37.2 Å². The highest BCUT2D eigenvalue weighted by Gasteiger charge is 2.34. The van der Waals surface area contributed by atoms with E-state index in [0.717, 1.165) is 6.42 Å². The van der Waals surface area contributed by atoms with Crippen LogP contribution in [-0.2, 0) is 9.47 Å². The lowest BCUT2D eigenvalue weighted by molar-refractivity contribution is 0.0374. The zero-order chi connectivity index (χ0) is 26.0. The first-order chi connectivity index (χ1) is 16.7. The predicted octanol–water partition coefficient (Wildman–Crippen LogP) is 2.87. The van der Waals surface area contributed by atoms with Crippen molar-refractivity contribution in [3.63, 3.8) is 0 Å². The number of carbonyl (C=O) groups excluding carboxylic acids is 2. The maximum Gasteiger partial charge on any atom is 0.407 e. The molecule has 0 spiro atoms. The van der Waals surface area contributed by atoms with Crippen molar-refractivity contribution >= 4 is 20.0 Å². The second-order valence-corrected chi connectivity index (χ2v) is 9.47. The summed E-state index contributed by atoms with van der Waals surface area (Å²) in [7, 11) is 9.43. The van der Waals surface area contributed by atoms with E-state index >= 15 is 0 Å². The number of alkyl carbamates (subject to hydrolysis) is 1. The zero-order valence-electron chi connectivity index (χ0n) is 21.9. The van der Waals surface area contributed by atoms with Crippen molar-refractivity contribution < 1.29 is 28.5 Å². The third-order valence-electron chi connectivity index (χ3n) is 5.75. The van der Waals surface area contributed by atoms with Crippen LogP contribution in [0.5, 0.6) is 11.5 Å². The summed E-state index contributed by atoms with van der Waals surface area (Å²) < 4.78 is 21.7. The maximum atomic E-state index is 13.7. The van der Waals surface area contributed by atoms with Gasteiger partial charge in [-0.25, -0.2) is 4.79 Å². The molecule has 2 radical (unpaired) electrons. The number of piperidine rings is 1. The Morgan fingerprint density at radius 3 is 2.51 bits per heavy atom. The fraction of sp³-hybridized carbons (Fsp3) is 0.680. The molecule has 10 heteroatoms. The third-order valence-corrected chi connectivity index (χ3v) is 5.75. The van der Waals surface area contributed by atoms with Gasteiger partial charge in [-0.05, 0) is 58.9 Å². The van der Waals surface area contributed by atoms with Crippen molar-refractivity contribution in [1.82, 2.24) is 15.0 Å². The molecule has 35 heavy (non-hydrogen) atoms. The molecule has 0 aromatic heterocycles. The molecule has 1 heterocycles. The molecule has 1 N–H and O–H groups in total. The van der Waals surface area contributed by atoms with Crippen LogP contribution >= 0.6 is 0 Å². The summed E-state index contributed by atoms with van der Waals surface area (Å²) in [5.74, 6) is 0.991. The van der Waals surface area contributed by atoms with Gasteiger partial charge in [0.2, 0.25) is 0 Å². The minimum Gasteiger partial charge on any atom is -0.493 e. The molecule has 0 saturated carbocycles. The van der Waals surface area contributed by atoms with E-state index in [1.165, 1.54) is 0 Å². The first-order valence-electron chi connectivity index (χ1n) is 12.2. The second-order valence-electron chi connectivity index (χ2n) is 9.47. The summed E-state index contributed by atoms with van der Waals surface area (Å²) in [5.41, 5.74) is 0.513. The van der Waals surface area contributed by atoms with Gasteiger partial charge in [-0.2, -0.15) is 0 Å². The number of hydrogen-bond acceptors (Lipinski definition) is 7. The highest BCUT2D eigenvalue weighted by atomic mass is 16.5. The summed E-state index contributed by atoms with van der Waals surface area (Å²) in [6.45, 7) is 10.1. The number of benzene rings is 1. The fourth-order valence-electron chi connectivity index (χ4n) is 4.28. The molecular weight excluding hydrogens is 449 g/mol. The van der Waals surface area contributed by atoms with Gasteiger partial charge < -0.3 is 34.0 Å². The largest absolute Gasteiger partial charge is 0.493 e. The van der Waals surface area contributed by atoms with Gasteiger partial charge in [0.25, 0.3) is 5.91 Å². The highest BCUT2D eigenvalue weighted by molar-refractivity contribution is 6.04. The summed E-state index contributed by atoms with van der Waals surface area (Å²) in [6.07, 6.45) is 0.963. The quantitative estimate of drug-likeness (QED) is 0.357. The Balaban J connectivity index is 2.15. The minimum absolute atomic E-state index is 0.00000987. The average molecular weight is 489 g/mol. The summed E-state index contributed by atoms with van der Waals surface area (Å²) in [6, 6.07) is 5.04. The Kier molecular flexibility index (Phi) is 11.7. The summed E-state index contributed by atoms with van der Waals surface area (Å²) in [4.78, 5) is 29.1. The standard InChI is InChI=1S/C25H40BN3O6/c1-17(2)27-25(31)35-16-19-12-21(15-28(26)14-19)29(18(3)4)24(30)20-8-9-22(33-6)23(13-20)34-11-7-10-32-5/h8-9,13,17-19,21H,7,10-12,14-16H2,1-6H3,(H,27,31). The van der Waals surface area contributed by atoms with Crippen LogP contribution in [0, 0.1) is 5.92 Å². The SMILES string of the molecule is [B]N1CC(COC(=O)NC(C)C)CC(N(C(=O)c2ccc(OC)c(OCCCOC)c2)C(C)C)C1. The van der Waals surface area contributed by atoms with Crippen LogP contribution in [0.2, 0.25) is 0 Å². The molecule has 2 rings (SSSR count). The molecular formula is C25H40BN3O6. The number of nitrogens with zero attached hydrogens (tertiary/aromatic N) is 2. The van der Waals surface area contributed by atoms with E-state index in [9.17, 15) is 9.59 Å². The van der Waals surface area contributed by atoms with Crippen LogP contribution in [0.25, 0.3) is 0 Å².